The molecule has 6 nitrogen and oxygen atoms in total. The SMILES string of the molecule is CNCCCN(C)Cc1cc(=O)n2ncsc2n1. The molecule has 0 amide bonds. The van der Waals surface area contributed by atoms with Gasteiger partial charge in [0.2, 0.25) is 4.96 Å². The van der Waals surface area contributed by atoms with Crippen LogP contribution >= 0.6 is 11.3 Å². The first kappa shape index (κ1) is 13.1. The normalized spacial score (nSPS) is 11.5. The lowest BCUT2D eigenvalue weighted by Gasteiger charge is -2.15. The van der Waals surface area contributed by atoms with E-state index in [1.165, 1.54) is 15.9 Å². The first-order chi connectivity index (χ1) is 8.70. The van der Waals surface area contributed by atoms with Crippen molar-refractivity contribution in [3.05, 3.63) is 27.6 Å². The smallest absolute Gasteiger partial charge is 0.275 e. The summed E-state index contributed by atoms with van der Waals surface area (Å²) in [7, 11) is 3.98. The molecule has 0 radical (unpaired) electrons. The standard InChI is InChI=1S/C11H17N5OS/c1-12-4-3-5-15(2)7-9-6-10(17)16-11(14-9)18-8-13-16/h6,8,12H,3-5,7H2,1-2H3. The van der Waals surface area contributed by atoms with Crippen molar-refractivity contribution in [2.24, 2.45) is 0 Å². The van der Waals surface area contributed by atoms with Crippen molar-refractivity contribution < 1.29 is 0 Å². The summed E-state index contributed by atoms with van der Waals surface area (Å²) in [6, 6.07) is 1.56. The second-order valence-corrected chi connectivity index (χ2v) is 5.03. The molecule has 0 aliphatic carbocycles. The van der Waals surface area contributed by atoms with Crippen LogP contribution in [-0.4, -0.2) is 46.7 Å². The van der Waals surface area contributed by atoms with Crippen molar-refractivity contribution in [2.75, 3.05) is 27.2 Å². The number of hydrogen-bond acceptors (Lipinski definition) is 6. The fraction of sp³-hybridized carbons (Fsp3) is 0.545. The third-order valence-electron chi connectivity index (χ3n) is 2.64. The van der Waals surface area contributed by atoms with Crippen LogP contribution in [0.1, 0.15) is 12.1 Å². The highest BCUT2D eigenvalue weighted by Crippen LogP contribution is 2.05. The Morgan fingerprint density at radius 1 is 1.56 bits per heavy atom. The molecule has 2 aromatic rings. The summed E-state index contributed by atoms with van der Waals surface area (Å²) in [6.07, 6.45) is 1.08. The molecule has 1 N–H and O–H groups in total. The maximum atomic E-state index is 11.7. The molecule has 0 saturated heterocycles. The van der Waals surface area contributed by atoms with Crippen molar-refractivity contribution >= 4 is 16.3 Å². The molecule has 0 fully saturated rings. The van der Waals surface area contributed by atoms with E-state index in [1.807, 2.05) is 14.1 Å². The fourth-order valence-electron chi connectivity index (χ4n) is 1.76. The second-order valence-electron chi connectivity index (χ2n) is 4.21. The number of hydrogen-bond donors (Lipinski definition) is 1. The average Bonchev–Trinajstić information content (AvgIpc) is 2.78. The van der Waals surface area contributed by atoms with E-state index in [1.54, 1.807) is 11.6 Å². The molecule has 0 spiro atoms. The van der Waals surface area contributed by atoms with Crippen molar-refractivity contribution in [3.63, 3.8) is 0 Å². The fourth-order valence-corrected chi connectivity index (χ4v) is 2.41. The minimum Gasteiger partial charge on any atom is -0.320 e. The molecule has 0 aliphatic heterocycles. The van der Waals surface area contributed by atoms with Crippen molar-refractivity contribution in [1.29, 1.82) is 0 Å². The summed E-state index contributed by atoms with van der Waals surface area (Å²) in [4.78, 5) is 19.0. The monoisotopic (exact) mass is 267 g/mol. The summed E-state index contributed by atoms with van der Waals surface area (Å²) in [5, 5.41) is 7.05. The quantitative estimate of drug-likeness (QED) is 0.757. The van der Waals surface area contributed by atoms with E-state index in [-0.39, 0.29) is 5.56 Å². The van der Waals surface area contributed by atoms with Crippen LogP contribution in [0.25, 0.3) is 4.96 Å². The molecule has 7 heteroatoms. The molecule has 18 heavy (non-hydrogen) atoms. The van der Waals surface area contributed by atoms with Gasteiger partial charge in [-0.25, -0.2) is 4.98 Å². The van der Waals surface area contributed by atoms with E-state index in [4.69, 9.17) is 0 Å². The van der Waals surface area contributed by atoms with Crippen LogP contribution in [0.5, 0.6) is 0 Å². The molecular weight excluding hydrogens is 250 g/mol. The molecule has 0 unspecified atom stereocenters. The van der Waals surface area contributed by atoms with Crippen LogP contribution in [0.3, 0.4) is 0 Å². The highest BCUT2D eigenvalue weighted by Gasteiger charge is 2.06. The average molecular weight is 267 g/mol. The predicted octanol–water partition coefficient (Wildman–Crippen LogP) is 0.192. The lowest BCUT2D eigenvalue weighted by atomic mass is 10.3. The summed E-state index contributed by atoms with van der Waals surface area (Å²) in [6.45, 7) is 2.66. The number of nitrogens with zero attached hydrogens (tertiary/aromatic N) is 4. The largest absolute Gasteiger partial charge is 0.320 e. The zero-order valence-electron chi connectivity index (χ0n) is 10.6. The van der Waals surface area contributed by atoms with E-state index < -0.39 is 0 Å². The first-order valence-electron chi connectivity index (χ1n) is 5.86. The van der Waals surface area contributed by atoms with Crippen LogP contribution in [0.2, 0.25) is 0 Å². The van der Waals surface area contributed by atoms with Crippen LogP contribution in [0, 0.1) is 0 Å². The Hall–Kier alpha value is -1.31. The van der Waals surface area contributed by atoms with Gasteiger partial charge in [0, 0.05) is 12.6 Å². The molecular formula is C11H17N5OS. The molecule has 98 valence electrons. The molecule has 0 atom stereocenters. The predicted molar refractivity (Wildman–Crippen MR) is 72.0 cm³/mol. The minimum atomic E-state index is -0.111. The minimum absolute atomic E-state index is 0.111. The van der Waals surface area contributed by atoms with Crippen LogP contribution < -0.4 is 10.9 Å². The van der Waals surface area contributed by atoms with E-state index in [0.717, 1.165) is 25.2 Å². The zero-order chi connectivity index (χ0) is 13.0. The molecule has 0 aromatic carbocycles. The van der Waals surface area contributed by atoms with Crippen LogP contribution in [0.4, 0.5) is 0 Å². The summed E-state index contributed by atoms with van der Waals surface area (Å²) in [5.41, 5.74) is 2.32. The molecule has 2 heterocycles. The second kappa shape index (κ2) is 6.03. The van der Waals surface area contributed by atoms with Gasteiger partial charge >= 0.3 is 0 Å². The highest BCUT2D eigenvalue weighted by atomic mass is 32.1. The maximum Gasteiger partial charge on any atom is 0.275 e. The van der Waals surface area contributed by atoms with Gasteiger partial charge in [-0.3, -0.25) is 4.79 Å². The number of rotatable bonds is 6. The van der Waals surface area contributed by atoms with Gasteiger partial charge in [0.15, 0.2) is 0 Å². The highest BCUT2D eigenvalue weighted by molar-refractivity contribution is 7.14. The van der Waals surface area contributed by atoms with E-state index >= 15 is 0 Å². The number of nitrogens with one attached hydrogen (secondary N) is 1. The Morgan fingerprint density at radius 3 is 3.17 bits per heavy atom. The van der Waals surface area contributed by atoms with Crippen molar-refractivity contribution in [2.45, 2.75) is 13.0 Å². The summed E-state index contributed by atoms with van der Waals surface area (Å²) >= 11 is 1.38. The lowest BCUT2D eigenvalue weighted by molar-refractivity contribution is 0.317. The third-order valence-corrected chi connectivity index (χ3v) is 3.31. The van der Waals surface area contributed by atoms with Gasteiger partial charge in [-0.1, -0.05) is 11.3 Å². The van der Waals surface area contributed by atoms with Gasteiger partial charge in [0.05, 0.1) is 5.69 Å². The summed E-state index contributed by atoms with van der Waals surface area (Å²) in [5.74, 6) is 0. The lowest BCUT2D eigenvalue weighted by Crippen LogP contribution is -2.24. The molecule has 0 saturated carbocycles. The van der Waals surface area contributed by atoms with E-state index in [2.05, 4.69) is 20.3 Å². The molecule has 0 aliphatic rings. The zero-order valence-corrected chi connectivity index (χ0v) is 11.4. The molecule has 2 aromatic heterocycles. The van der Waals surface area contributed by atoms with Crippen LogP contribution in [-0.2, 0) is 6.54 Å². The molecule has 2 rings (SSSR count). The number of fused-ring (bicyclic) bond motifs is 1. The summed E-state index contributed by atoms with van der Waals surface area (Å²) < 4.78 is 1.33. The Balaban J connectivity index is 2.05. The van der Waals surface area contributed by atoms with Crippen molar-refractivity contribution in [1.82, 2.24) is 24.8 Å². The maximum absolute atomic E-state index is 11.7. The first-order valence-corrected chi connectivity index (χ1v) is 6.74. The molecule has 0 bridgehead atoms. The van der Waals surface area contributed by atoms with Crippen LogP contribution in [0.15, 0.2) is 16.4 Å². The Morgan fingerprint density at radius 2 is 2.39 bits per heavy atom. The number of aromatic nitrogens is 3. The van der Waals surface area contributed by atoms with Gasteiger partial charge in [0.25, 0.3) is 5.56 Å². The Bertz CT molecular complexity index is 564. The van der Waals surface area contributed by atoms with E-state index in [0.29, 0.717) is 11.5 Å². The van der Waals surface area contributed by atoms with E-state index in [9.17, 15) is 4.79 Å². The van der Waals surface area contributed by atoms with Crippen molar-refractivity contribution in [3.8, 4) is 0 Å². The van der Waals surface area contributed by atoms with Gasteiger partial charge in [-0.15, -0.1) is 0 Å². The topological polar surface area (TPSA) is 62.5 Å². The Labute approximate surface area is 109 Å². The van der Waals surface area contributed by atoms with Gasteiger partial charge < -0.3 is 10.2 Å². The van der Waals surface area contributed by atoms with Gasteiger partial charge in [0.1, 0.15) is 5.51 Å². The Kier molecular flexibility index (Phi) is 4.40. The van der Waals surface area contributed by atoms with Gasteiger partial charge in [-0.05, 0) is 33.6 Å². The van der Waals surface area contributed by atoms with Gasteiger partial charge in [-0.2, -0.15) is 9.61 Å². The third kappa shape index (κ3) is 3.12.